The van der Waals surface area contributed by atoms with Crippen LogP contribution in [0.15, 0.2) is 132 Å². The molecule has 8 rings (SSSR count). The van der Waals surface area contributed by atoms with Gasteiger partial charge < -0.3 is 4.42 Å². The first-order chi connectivity index (χ1) is 19.3. The predicted octanol–water partition coefficient (Wildman–Crippen LogP) is 10.3. The number of hydrogen-bond donors (Lipinski definition) is 0. The van der Waals surface area contributed by atoms with Crippen LogP contribution >= 0.6 is 0 Å². The summed E-state index contributed by atoms with van der Waals surface area (Å²) in [6.07, 6.45) is 0. The Balaban J connectivity index is 1.39. The Kier molecular flexibility index (Phi) is 4.62. The SMILES string of the molecule is N#Cc1ccccc1-c1cccc2oc3ccc(-c4ccc5c6ccccc6c6ccccc6c5c4)cc3c12. The second-order valence-corrected chi connectivity index (χ2v) is 10.0. The van der Waals surface area contributed by atoms with Gasteiger partial charge in [-0.1, -0.05) is 97.1 Å². The Labute approximate surface area is 225 Å². The van der Waals surface area contributed by atoms with E-state index < -0.39 is 0 Å². The zero-order valence-electron chi connectivity index (χ0n) is 21.0. The smallest absolute Gasteiger partial charge is 0.136 e. The van der Waals surface area contributed by atoms with E-state index in [9.17, 15) is 5.26 Å². The van der Waals surface area contributed by atoms with E-state index in [1.807, 2.05) is 36.4 Å². The van der Waals surface area contributed by atoms with Crippen LogP contribution in [0.2, 0.25) is 0 Å². The molecule has 7 aromatic carbocycles. The van der Waals surface area contributed by atoms with Crippen LogP contribution in [0.3, 0.4) is 0 Å². The lowest BCUT2D eigenvalue weighted by atomic mass is 9.91. The van der Waals surface area contributed by atoms with Gasteiger partial charge in [-0.05, 0) is 79.3 Å². The topological polar surface area (TPSA) is 36.9 Å². The summed E-state index contributed by atoms with van der Waals surface area (Å²) in [5.41, 5.74) is 6.54. The standard InChI is InChI=1S/C37H21NO/c38-22-25-8-1-2-9-26(25)32-14-7-15-36-37(32)34-21-24(17-19-35(34)39-36)23-16-18-31-29-12-4-3-10-27(29)28-11-5-6-13-30(28)33(31)20-23/h1-21H. The molecule has 8 aromatic rings. The molecule has 0 aliphatic carbocycles. The van der Waals surface area contributed by atoms with E-state index in [2.05, 4.69) is 97.1 Å². The summed E-state index contributed by atoms with van der Waals surface area (Å²) in [5.74, 6) is 0. The second-order valence-electron chi connectivity index (χ2n) is 10.0. The van der Waals surface area contributed by atoms with Crippen LogP contribution in [0.25, 0.3) is 76.5 Å². The van der Waals surface area contributed by atoms with E-state index in [4.69, 9.17) is 4.42 Å². The summed E-state index contributed by atoms with van der Waals surface area (Å²) in [6, 6.07) is 46.7. The molecular formula is C37H21NO. The van der Waals surface area contributed by atoms with Crippen molar-refractivity contribution in [3.8, 4) is 28.3 Å². The van der Waals surface area contributed by atoms with Gasteiger partial charge in [-0.15, -0.1) is 0 Å². The molecule has 2 heteroatoms. The van der Waals surface area contributed by atoms with Crippen LogP contribution in [0.1, 0.15) is 5.56 Å². The molecule has 0 unspecified atom stereocenters. The molecule has 0 amide bonds. The minimum Gasteiger partial charge on any atom is -0.456 e. The Morgan fingerprint density at radius 1 is 0.436 bits per heavy atom. The first-order valence-electron chi connectivity index (χ1n) is 13.1. The molecule has 0 bridgehead atoms. The maximum Gasteiger partial charge on any atom is 0.136 e. The van der Waals surface area contributed by atoms with E-state index in [-0.39, 0.29) is 0 Å². The van der Waals surface area contributed by atoms with Crippen LogP contribution in [-0.2, 0) is 0 Å². The van der Waals surface area contributed by atoms with Gasteiger partial charge in [0.2, 0.25) is 0 Å². The molecule has 0 saturated heterocycles. The summed E-state index contributed by atoms with van der Waals surface area (Å²) < 4.78 is 6.27. The van der Waals surface area contributed by atoms with Crippen molar-refractivity contribution in [1.29, 1.82) is 5.26 Å². The number of fused-ring (bicyclic) bond motifs is 9. The molecule has 0 aliphatic rings. The highest BCUT2D eigenvalue weighted by atomic mass is 16.3. The lowest BCUT2D eigenvalue weighted by Gasteiger charge is -2.12. The highest BCUT2D eigenvalue weighted by Gasteiger charge is 2.16. The van der Waals surface area contributed by atoms with Crippen molar-refractivity contribution >= 4 is 54.3 Å². The molecule has 0 spiro atoms. The van der Waals surface area contributed by atoms with Crippen LogP contribution in [0.4, 0.5) is 0 Å². The normalized spacial score (nSPS) is 11.6. The van der Waals surface area contributed by atoms with Crippen molar-refractivity contribution in [2.24, 2.45) is 0 Å². The molecule has 0 fully saturated rings. The van der Waals surface area contributed by atoms with E-state index in [1.165, 1.54) is 32.3 Å². The molecule has 180 valence electrons. The number of nitriles is 1. The predicted molar refractivity (Wildman–Crippen MR) is 162 cm³/mol. The van der Waals surface area contributed by atoms with E-state index in [1.54, 1.807) is 0 Å². The van der Waals surface area contributed by atoms with E-state index in [0.29, 0.717) is 5.56 Å². The number of rotatable bonds is 2. The summed E-state index contributed by atoms with van der Waals surface area (Å²) in [4.78, 5) is 0. The second kappa shape index (κ2) is 8.31. The molecule has 0 radical (unpaired) electrons. The third-order valence-electron chi connectivity index (χ3n) is 7.91. The first kappa shape index (κ1) is 21.7. The number of benzene rings is 7. The number of hydrogen-bond acceptors (Lipinski definition) is 2. The van der Waals surface area contributed by atoms with Gasteiger partial charge in [-0.3, -0.25) is 0 Å². The van der Waals surface area contributed by atoms with Gasteiger partial charge in [0.25, 0.3) is 0 Å². The molecule has 0 aliphatic heterocycles. The summed E-state index contributed by atoms with van der Waals surface area (Å²) in [7, 11) is 0. The Morgan fingerprint density at radius 3 is 1.72 bits per heavy atom. The molecule has 0 atom stereocenters. The van der Waals surface area contributed by atoms with Gasteiger partial charge in [-0.2, -0.15) is 5.26 Å². The van der Waals surface area contributed by atoms with Gasteiger partial charge in [0, 0.05) is 16.3 Å². The fraction of sp³-hybridized carbons (Fsp3) is 0. The van der Waals surface area contributed by atoms with Gasteiger partial charge in [0.05, 0.1) is 11.6 Å². The van der Waals surface area contributed by atoms with Gasteiger partial charge in [-0.25, -0.2) is 0 Å². The monoisotopic (exact) mass is 495 g/mol. The van der Waals surface area contributed by atoms with Crippen molar-refractivity contribution in [3.05, 3.63) is 133 Å². The molecule has 1 aromatic heterocycles. The summed E-state index contributed by atoms with van der Waals surface area (Å²) >= 11 is 0. The van der Waals surface area contributed by atoms with Crippen molar-refractivity contribution in [2.75, 3.05) is 0 Å². The number of nitrogens with zero attached hydrogens (tertiary/aromatic N) is 1. The maximum absolute atomic E-state index is 9.76. The molecule has 0 saturated carbocycles. The maximum atomic E-state index is 9.76. The van der Waals surface area contributed by atoms with Crippen LogP contribution in [0.5, 0.6) is 0 Å². The molecule has 2 nitrogen and oxygen atoms in total. The van der Waals surface area contributed by atoms with Gasteiger partial charge in [0.1, 0.15) is 11.2 Å². The first-order valence-corrected chi connectivity index (χ1v) is 13.1. The van der Waals surface area contributed by atoms with Crippen molar-refractivity contribution in [1.82, 2.24) is 0 Å². The molecule has 0 N–H and O–H groups in total. The highest BCUT2D eigenvalue weighted by Crippen LogP contribution is 2.41. The fourth-order valence-electron chi connectivity index (χ4n) is 6.13. The average molecular weight is 496 g/mol. The van der Waals surface area contributed by atoms with Crippen molar-refractivity contribution in [3.63, 3.8) is 0 Å². The number of furan rings is 1. The Bertz CT molecular complexity index is 2260. The fourth-order valence-corrected chi connectivity index (χ4v) is 6.13. The van der Waals surface area contributed by atoms with Crippen LogP contribution < -0.4 is 0 Å². The van der Waals surface area contributed by atoms with E-state index in [0.717, 1.165) is 44.2 Å². The third-order valence-corrected chi connectivity index (χ3v) is 7.91. The van der Waals surface area contributed by atoms with E-state index >= 15 is 0 Å². The minimum absolute atomic E-state index is 0.657. The lowest BCUT2D eigenvalue weighted by Crippen LogP contribution is -1.86. The highest BCUT2D eigenvalue weighted by molar-refractivity contribution is 6.25. The van der Waals surface area contributed by atoms with Crippen molar-refractivity contribution in [2.45, 2.75) is 0 Å². The quantitative estimate of drug-likeness (QED) is 0.224. The van der Waals surface area contributed by atoms with Gasteiger partial charge in [0.15, 0.2) is 0 Å². The minimum atomic E-state index is 0.657. The van der Waals surface area contributed by atoms with Crippen molar-refractivity contribution < 1.29 is 4.42 Å². The molecular weight excluding hydrogens is 474 g/mol. The van der Waals surface area contributed by atoms with Crippen LogP contribution in [0, 0.1) is 11.3 Å². The largest absolute Gasteiger partial charge is 0.456 e. The molecule has 39 heavy (non-hydrogen) atoms. The average Bonchev–Trinajstić information content (AvgIpc) is 3.39. The molecule has 1 heterocycles. The van der Waals surface area contributed by atoms with Gasteiger partial charge >= 0.3 is 0 Å². The summed E-state index contributed by atoms with van der Waals surface area (Å²) in [6.45, 7) is 0. The lowest BCUT2D eigenvalue weighted by molar-refractivity contribution is 0.669. The summed E-state index contributed by atoms with van der Waals surface area (Å²) in [5, 5.41) is 19.5. The Morgan fingerprint density at radius 2 is 1.00 bits per heavy atom. The van der Waals surface area contributed by atoms with Crippen LogP contribution in [-0.4, -0.2) is 0 Å². The third kappa shape index (κ3) is 3.21. The zero-order valence-corrected chi connectivity index (χ0v) is 21.0. The zero-order chi connectivity index (χ0) is 25.9. The Hall–Kier alpha value is -5.39.